The van der Waals surface area contributed by atoms with E-state index in [4.69, 9.17) is 9.47 Å². The largest absolute Gasteiger partial charge is 0.497 e. The van der Waals surface area contributed by atoms with E-state index in [1.54, 1.807) is 38.6 Å². The van der Waals surface area contributed by atoms with Crippen LogP contribution in [0.4, 0.5) is 0 Å². The molecule has 1 aromatic carbocycles. The zero-order valence-corrected chi connectivity index (χ0v) is 12.9. The summed E-state index contributed by atoms with van der Waals surface area (Å²) in [6.45, 7) is 3.34. The molecule has 0 bridgehead atoms. The van der Waals surface area contributed by atoms with Gasteiger partial charge in [-0.15, -0.1) is 0 Å². The van der Waals surface area contributed by atoms with Gasteiger partial charge in [-0.3, -0.25) is 4.79 Å². The number of carbonyl (C=O) groups excluding carboxylic acids is 1. The Balaban J connectivity index is 1.72. The fourth-order valence-corrected chi connectivity index (χ4v) is 2.72. The molecule has 0 unspecified atom stereocenters. The minimum atomic E-state index is -0.0199. The van der Waals surface area contributed by atoms with E-state index in [1.165, 1.54) is 0 Å². The molecule has 1 saturated heterocycles. The number of imidazole rings is 1. The first kappa shape index (κ1) is 14.4. The lowest BCUT2D eigenvalue weighted by Crippen LogP contribution is -2.50. The molecule has 1 fully saturated rings. The van der Waals surface area contributed by atoms with Crippen molar-refractivity contribution < 1.29 is 14.3 Å². The molecule has 0 aliphatic carbocycles. The van der Waals surface area contributed by atoms with Crippen LogP contribution in [0.15, 0.2) is 30.6 Å². The van der Waals surface area contributed by atoms with Gasteiger partial charge in [0, 0.05) is 31.5 Å². The van der Waals surface area contributed by atoms with Crippen molar-refractivity contribution >= 4 is 5.91 Å². The highest BCUT2D eigenvalue weighted by Crippen LogP contribution is 2.29. The third kappa shape index (κ3) is 2.41. The van der Waals surface area contributed by atoms with Crippen molar-refractivity contribution in [1.29, 1.82) is 0 Å². The molecule has 0 saturated carbocycles. The molecule has 2 aromatic rings. The number of amides is 1. The molecule has 3 rings (SSSR count). The van der Waals surface area contributed by atoms with Crippen LogP contribution in [0.1, 0.15) is 22.2 Å². The number of aryl methyl sites for hydroxylation is 1. The van der Waals surface area contributed by atoms with Crippen LogP contribution in [0.5, 0.6) is 11.5 Å². The van der Waals surface area contributed by atoms with E-state index in [0.717, 1.165) is 5.82 Å². The quantitative estimate of drug-likeness (QED) is 0.865. The average molecular weight is 301 g/mol. The maximum Gasteiger partial charge on any atom is 0.257 e. The molecule has 1 aliphatic heterocycles. The monoisotopic (exact) mass is 301 g/mol. The van der Waals surface area contributed by atoms with Gasteiger partial charge >= 0.3 is 0 Å². The zero-order chi connectivity index (χ0) is 15.7. The summed E-state index contributed by atoms with van der Waals surface area (Å²) >= 11 is 0. The smallest absolute Gasteiger partial charge is 0.257 e. The van der Waals surface area contributed by atoms with Crippen LogP contribution in [0.3, 0.4) is 0 Å². The molecule has 116 valence electrons. The Morgan fingerprint density at radius 3 is 2.64 bits per heavy atom. The van der Waals surface area contributed by atoms with Gasteiger partial charge < -0.3 is 18.9 Å². The summed E-state index contributed by atoms with van der Waals surface area (Å²) in [6, 6.07) is 5.54. The van der Waals surface area contributed by atoms with Gasteiger partial charge in [0.1, 0.15) is 17.3 Å². The molecule has 1 aromatic heterocycles. The van der Waals surface area contributed by atoms with Gasteiger partial charge in [0.2, 0.25) is 0 Å². The van der Waals surface area contributed by atoms with Crippen molar-refractivity contribution in [2.75, 3.05) is 27.3 Å². The summed E-state index contributed by atoms with van der Waals surface area (Å²) in [5.74, 6) is 2.16. The number of likely N-dealkylation sites (tertiary alicyclic amines) is 1. The van der Waals surface area contributed by atoms with Crippen LogP contribution in [-0.2, 0) is 0 Å². The average Bonchev–Trinajstić information content (AvgIpc) is 2.91. The number of hydrogen-bond donors (Lipinski definition) is 0. The number of benzene rings is 1. The van der Waals surface area contributed by atoms with E-state index in [0.29, 0.717) is 36.2 Å². The van der Waals surface area contributed by atoms with E-state index in [-0.39, 0.29) is 5.91 Å². The lowest BCUT2D eigenvalue weighted by molar-refractivity contribution is 0.0514. The third-order valence-electron chi connectivity index (χ3n) is 4.04. The van der Waals surface area contributed by atoms with E-state index < -0.39 is 0 Å². The lowest BCUT2D eigenvalue weighted by Gasteiger charge is -2.40. The van der Waals surface area contributed by atoms with Gasteiger partial charge in [-0.05, 0) is 19.1 Å². The summed E-state index contributed by atoms with van der Waals surface area (Å²) in [5.41, 5.74) is 0.559. The van der Waals surface area contributed by atoms with Gasteiger partial charge in [-0.1, -0.05) is 0 Å². The summed E-state index contributed by atoms with van der Waals surface area (Å²) in [5, 5.41) is 0. The normalized spacial score (nSPS) is 14.6. The molecular weight excluding hydrogens is 282 g/mol. The molecule has 0 spiro atoms. The Hall–Kier alpha value is -2.50. The maximum atomic E-state index is 12.6. The highest BCUT2D eigenvalue weighted by atomic mass is 16.5. The number of methoxy groups -OCH3 is 2. The second kappa shape index (κ2) is 5.71. The van der Waals surface area contributed by atoms with Gasteiger partial charge in [-0.2, -0.15) is 0 Å². The van der Waals surface area contributed by atoms with E-state index in [9.17, 15) is 4.79 Å². The van der Waals surface area contributed by atoms with Crippen molar-refractivity contribution in [2.45, 2.75) is 13.0 Å². The first-order chi connectivity index (χ1) is 10.6. The number of carbonyl (C=O) groups is 1. The second-order valence-electron chi connectivity index (χ2n) is 5.31. The minimum absolute atomic E-state index is 0.0199. The predicted molar refractivity (Wildman–Crippen MR) is 81.5 cm³/mol. The number of rotatable bonds is 4. The van der Waals surface area contributed by atoms with Crippen LogP contribution >= 0.6 is 0 Å². The lowest BCUT2D eigenvalue weighted by atomic mass is 10.1. The van der Waals surface area contributed by atoms with Crippen molar-refractivity contribution in [3.8, 4) is 11.5 Å². The molecule has 1 amide bonds. The SMILES string of the molecule is COc1ccc(C(=O)N2CC(n3ccnc3C)C2)c(OC)c1. The molecule has 1 aliphatic rings. The van der Waals surface area contributed by atoms with Gasteiger partial charge in [-0.25, -0.2) is 4.98 Å². The maximum absolute atomic E-state index is 12.6. The van der Waals surface area contributed by atoms with Crippen LogP contribution < -0.4 is 9.47 Å². The second-order valence-corrected chi connectivity index (χ2v) is 5.31. The fraction of sp³-hybridized carbons (Fsp3) is 0.375. The summed E-state index contributed by atoms with van der Waals surface area (Å²) in [7, 11) is 3.14. The standard InChI is InChI=1S/C16H19N3O3/c1-11-17-6-7-19(11)12-9-18(10-12)16(20)14-5-4-13(21-2)8-15(14)22-3/h4-8,12H,9-10H2,1-3H3. The third-order valence-corrected chi connectivity index (χ3v) is 4.04. The van der Waals surface area contributed by atoms with Crippen LogP contribution in [0.25, 0.3) is 0 Å². The number of nitrogens with zero attached hydrogens (tertiary/aromatic N) is 3. The number of hydrogen-bond acceptors (Lipinski definition) is 4. The van der Waals surface area contributed by atoms with E-state index >= 15 is 0 Å². The van der Waals surface area contributed by atoms with Crippen molar-refractivity contribution in [1.82, 2.24) is 14.5 Å². The Morgan fingerprint density at radius 1 is 1.27 bits per heavy atom. The zero-order valence-electron chi connectivity index (χ0n) is 12.9. The van der Waals surface area contributed by atoms with Crippen LogP contribution in [0.2, 0.25) is 0 Å². The summed E-state index contributed by atoms with van der Waals surface area (Å²) in [4.78, 5) is 18.6. The van der Waals surface area contributed by atoms with Crippen LogP contribution in [0, 0.1) is 6.92 Å². The Bertz CT molecular complexity index is 690. The van der Waals surface area contributed by atoms with E-state index in [2.05, 4.69) is 9.55 Å². The first-order valence-corrected chi connectivity index (χ1v) is 7.14. The number of aromatic nitrogens is 2. The van der Waals surface area contributed by atoms with Gasteiger partial charge in [0.05, 0.1) is 25.8 Å². The van der Waals surface area contributed by atoms with Crippen molar-refractivity contribution in [3.63, 3.8) is 0 Å². The number of ether oxygens (including phenoxy) is 2. The molecule has 6 heteroatoms. The van der Waals surface area contributed by atoms with Crippen molar-refractivity contribution in [2.24, 2.45) is 0 Å². The molecule has 0 atom stereocenters. The molecule has 0 N–H and O–H groups in total. The van der Waals surface area contributed by atoms with Gasteiger partial charge in [0.15, 0.2) is 0 Å². The minimum Gasteiger partial charge on any atom is -0.497 e. The molecule has 0 radical (unpaired) electrons. The Morgan fingerprint density at radius 2 is 2.05 bits per heavy atom. The van der Waals surface area contributed by atoms with E-state index in [1.807, 2.05) is 18.0 Å². The van der Waals surface area contributed by atoms with Crippen molar-refractivity contribution in [3.05, 3.63) is 42.0 Å². The Kier molecular flexibility index (Phi) is 3.75. The molecule has 22 heavy (non-hydrogen) atoms. The van der Waals surface area contributed by atoms with Crippen LogP contribution in [-0.4, -0.2) is 47.7 Å². The Labute approximate surface area is 129 Å². The predicted octanol–water partition coefficient (Wildman–Crippen LogP) is 1.91. The molecule has 2 heterocycles. The fourth-order valence-electron chi connectivity index (χ4n) is 2.72. The summed E-state index contributed by atoms with van der Waals surface area (Å²) < 4.78 is 12.6. The topological polar surface area (TPSA) is 56.6 Å². The highest BCUT2D eigenvalue weighted by molar-refractivity contribution is 5.97. The highest BCUT2D eigenvalue weighted by Gasteiger charge is 2.34. The van der Waals surface area contributed by atoms with Gasteiger partial charge in [0.25, 0.3) is 5.91 Å². The molecular formula is C16H19N3O3. The summed E-state index contributed by atoms with van der Waals surface area (Å²) in [6.07, 6.45) is 3.74. The molecule has 6 nitrogen and oxygen atoms in total. The first-order valence-electron chi connectivity index (χ1n) is 7.14.